The highest BCUT2D eigenvalue weighted by Gasteiger charge is 2.30. The summed E-state index contributed by atoms with van der Waals surface area (Å²) in [5, 5.41) is 2.79. The van der Waals surface area contributed by atoms with Gasteiger partial charge in [-0.05, 0) is 61.0 Å². The van der Waals surface area contributed by atoms with Crippen LogP contribution in [0.1, 0.15) is 5.56 Å². The maximum atomic E-state index is 13.8. The fourth-order valence-electron chi connectivity index (χ4n) is 3.61. The summed E-state index contributed by atoms with van der Waals surface area (Å²) >= 11 is 0. The molecule has 4 aromatic rings. The molecule has 36 heavy (non-hydrogen) atoms. The molecular formula is C28H26N2O5S. The third kappa shape index (κ3) is 5.67. The molecule has 0 unspecified atom stereocenters. The molecule has 0 radical (unpaired) electrons. The van der Waals surface area contributed by atoms with Gasteiger partial charge in [0.25, 0.3) is 10.0 Å². The lowest BCUT2D eigenvalue weighted by Gasteiger charge is -2.25. The van der Waals surface area contributed by atoms with E-state index in [0.29, 0.717) is 22.9 Å². The van der Waals surface area contributed by atoms with Gasteiger partial charge in [-0.1, -0.05) is 54.6 Å². The van der Waals surface area contributed by atoms with Gasteiger partial charge in [0, 0.05) is 0 Å². The van der Waals surface area contributed by atoms with E-state index in [2.05, 4.69) is 5.32 Å². The minimum Gasteiger partial charge on any atom is -0.495 e. The van der Waals surface area contributed by atoms with E-state index in [1.807, 2.05) is 18.2 Å². The maximum absolute atomic E-state index is 13.8. The van der Waals surface area contributed by atoms with Gasteiger partial charge in [0.05, 0.1) is 18.5 Å². The number of hydrogen-bond acceptors (Lipinski definition) is 5. The topological polar surface area (TPSA) is 84.9 Å². The second kappa shape index (κ2) is 11.0. The normalized spacial score (nSPS) is 10.9. The molecule has 0 fully saturated rings. The fraction of sp³-hybridized carbons (Fsp3) is 0.107. The van der Waals surface area contributed by atoms with Crippen molar-refractivity contribution in [3.63, 3.8) is 0 Å². The number of para-hydroxylation sites is 4. The van der Waals surface area contributed by atoms with E-state index in [4.69, 9.17) is 9.47 Å². The number of rotatable bonds is 9. The van der Waals surface area contributed by atoms with Gasteiger partial charge in [-0.15, -0.1) is 0 Å². The molecule has 0 aromatic heterocycles. The molecule has 8 heteroatoms. The quantitative estimate of drug-likeness (QED) is 0.321. The lowest BCUT2D eigenvalue weighted by atomic mass is 10.2. The zero-order valence-electron chi connectivity index (χ0n) is 19.9. The maximum Gasteiger partial charge on any atom is 0.268 e. The highest BCUT2D eigenvalue weighted by Crippen LogP contribution is 2.32. The van der Waals surface area contributed by atoms with Gasteiger partial charge in [0.15, 0.2) is 5.75 Å². The van der Waals surface area contributed by atoms with Crippen molar-refractivity contribution in [3.05, 3.63) is 109 Å². The van der Waals surface area contributed by atoms with E-state index in [-0.39, 0.29) is 10.6 Å². The summed E-state index contributed by atoms with van der Waals surface area (Å²) in [5.41, 5.74) is 1.52. The van der Waals surface area contributed by atoms with E-state index in [9.17, 15) is 13.2 Å². The van der Waals surface area contributed by atoms with E-state index in [1.165, 1.54) is 13.2 Å². The molecule has 184 valence electrons. The van der Waals surface area contributed by atoms with Gasteiger partial charge in [-0.3, -0.25) is 9.10 Å². The van der Waals surface area contributed by atoms with E-state index in [0.717, 1.165) is 9.87 Å². The first-order valence-electron chi connectivity index (χ1n) is 11.2. The Morgan fingerprint density at radius 1 is 0.833 bits per heavy atom. The summed E-state index contributed by atoms with van der Waals surface area (Å²) in [7, 11) is -2.74. The molecule has 4 rings (SSSR count). The van der Waals surface area contributed by atoms with Crippen LogP contribution in [0.5, 0.6) is 17.2 Å². The molecule has 0 saturated carbocycles. The number of nitrogens with zero attached hydrogens (tertiary/aromatic N) is 1. The summed E-state index contributed by atoms with van der Waals surface area (Å²) in [6, 6.07) is 29.5. The van der Waals surface area contributed by atoms with Gasteiger partial charge >= 0.3 is 0 Å². The zero-order chi connectivity index (χ0) is 25.5. The number of methoxy groups -OCH3 is 1. The van der Waals surface area contributed by atoms with Crippen molar-refractivity contribution in [1.82, 2.24) is 0 Å². The molecular weight excluding hydrogens is 476 g/mol. The highest BCUT2D eigenvalue weighted by molar-refractivity contribution is 7.93. The largest absolute Gasteiger partial charge is 0.495 e. The molecule has 1 N–H and O–H groups in total. The monoisotopic (exact) mass is 502 g/mol. The van der Waals surface area contributed by atoms with Gasteiger partial charge in [0.2, 0.25) is 5.91 Å². The number of hydrogen-bond donors (Lipinski definition) is 1. The minimum absolute atomic E-state index is 0.0190. The van der Waals surface area contributed by atoms with Crippen molar-refractivity contribution in [1.29, 1.82) is 0 Å². The van der Waals surface area contributed by atoms with Gasteiger partial charge in [-0.2, -0.15) is 0 Å². The van der Waals surface area contributed by atoms with Gasteiger partial charge in [0.1, 0.15) is 22.9 Å². The first-order chi connectivity index (χ1) is 17.4. The van der Waals surface area contributed by atoms with Crippen molar-refractivity contribution >= 4 is 27.3 Å². The smallest absolute Gasteiger partial charge is 0.268 e. The third-order valence-corrected chi connectivity index (χ3v) is 7.15. The third-order valence-electron chi connectivity index (χ3n) is 5.35. The molecule has 0 aliphatic rings. The Morgan fingerprint density at radius 3 is 2.17 bits per heavy atom. The van der Waals surface area contributed by atoms with Crippen molar-refractivity contribution in [2.45, 2.75) is 11.8 Å². The van der Waals surface area contributed by atoms with E-state index < -0.39 is 22.5 Å². The molecule has 0 atom stereocenters. The Bertz CT molecular complexity index is 1440. The van der Waals surface area contributed by atoms with Crippen LogP contribution >= 0.6 is 0 Å². The van der Waals surface area contributed by atoms with Gasteiger partial charge < -0.3 is 14.8 Å². The van der Waals surface area contributed by atoms with Crippen LogP contribution in [-0.2, 0) is 14.8 Å². The summed E-state index contributed by atoms with van der Waals surface area (Å²) in [5.74, 6) is 0.715. The van der Waals surface area contributed by atoms with Crippen molar-refractivity contribution in [2.75, 3.05) is 23.3 Å². The summed E-state index contributed by atoms with van der Waals surface area (Å²) in [6.07, 6.45) is 0. The number of carbonyl (C=O) groups is 1. The van der Waals surface area contributed by atoms with Crippen LogP contribution in [-0.4, -0.2) is 28.0 Å². The summed E-state index contributed by atoms with van der Waals surface area (Å²) in [4.78, 5) is 13.2. The average molecular weight is 503 g/mol. The van der Waals surface area contributed by atoms with Crippen LogP contribution in [0, 0.1) is 6.92 Å². The number of aryl methyl sites for hydroxylation is 1. The number of ether oxygens (including phenoxy) is 2. The number of benzene rings is 4. The SMILES string of the molecule is COc1ccc(C)cc1S(=O)(=O)N(CC(=O)Nc1ccccc1Oc1ccccc1)c1ccccc1. The first-order valence-corrected chi connectivity index (χ1v) is 12.7. The molecule has 0 aliphatic carbocycles. The summed E-state index contributed by atoms with van der Waals surface area (Å²) in [6.45, 7) is 1.34. The Hall–Kier alpha value is -4.30. The molecule has 0 spiro atoms. The lowest BCUT2D eigenvalue weighted by Crippen LogP contribution is -2.38. The van der Waals surface area contributed by atoms with E-state index >= 15 is 0 Å². The number of amides is 1. The minimum atomic E-state index is -4.15. The predicted molar refractivity (Wildman–Crippen MR) is 140 cm³/mol. The van der Waals surface area contributed by atoms with Crippen molar-refractivity contribution in [2.24, 2.45) is 0 Å². The van der Waals surface area contributed by atoms with Crippen LogP contribution in [0.2, 0.25) is 0 Å². The molecule has 0 bridgehead atoms. The second-order valence-electron chi connectivity index (χ2n) is 7.96. The number of sulfonamides is 1. The molecule has 0 saturated heterocycles. The highest BCUT2D eigenvalue weighted by atomic mass is 32.2. The molecule has 0 aliphatic heterocycles. The predicted octanol–water partition coefficient (Wildman–Crippen LogP) is 5.63. The van der Waals surface area contributed by atoms with Crippen LogP contribution in [0.4, 0.5) is 11.4 Å². The number of carbonyl (C=O) groups excluding carboxylic acids is 1. The van der Waals surface area contributed by atoms with E-state index in [1.54, 1.807) is 85.8 Å². The Balaban J connectivity index is 1.65. The van der Waals surface area contributed by atoms with Crippen molar-refractivity contribution in [3.8, 4) is 17.2 Å². The lowest BCUT2D eigenvalue weighted by molar-refractivity contribution is -0.114. The van der Waals surface area contributed by atoms with Crippen LogP contribution < -0.4 is 19.1 Å². The van der Waals surface area contributed by atoms with Crippen molar-refractivity contribution < 1.29 is 22.7 Å². The Kier molecular flexibility index (Phi) is 7.56. The van der Waals surface area contributed by atoms with Crippen LogP contribution in [0.3, 0.4) is 0 Å². The van der Waals surface area contributed by atoms with Crippen LogP contribution in [0.25, 0.3) is 0 Å². The Morgan fingerprint density at radius 2 is 1.47 bits per heavy atom. The first kappa shape index (κ1) is 24.8. The average Bonchev–Trinajstić information content (AvgIpc) is 2.89. The Labute approximate surface area is 211 Å². The summed E-state index contributed by atoms with van der Waals surface area (Å²) < 4.78 is 39.9. The molecule has 4 aromatic carbocycles. The standard InChI is InChI=1S/C28H26N2O5S/c1-21-17-18-26(34-2)27(19-21)36(32,33)30(22-11-5-3-6-12-22)20-28(31)29-24-15-9-10-16-25(24)35-23-13-7-4-8-14-23/h3-19H,20H2,1-2H3,(H,29,31). The molecule has 0 heterocycles. The zero-order valence-corrected chi connectivity index (χ0v) is 20.7. The van der Waals surface area contributed by atoms with Crippen LogP contribution in [0.15, 0.2) is 108 Å². The molecule has 1 amide bonds. The number of anilines is 2. The molecule has 7 nitrogen and oxygen atoms in total. The fourth-order valence-corrected chi connectivity index (χ4v) is 5.27. The van der Waals surface area contributed by atoms with Gasteiger partial charge in [-0.25, -0.2) is 8.42 Å². The number of nitrogens with one attached hydrogen (secondary N) is 1. The second-order valence-corrected chi connectivity index (χ2v) is 9.79.